The predicted octanol–water partition coefficient (Wildman–Crippen LogP) is 25.4. The number of benzene rings is 16. The number of rotatable bonds is 8. The summed E-state index contributed by atoms with van der Waals surface area (Å²) < 4.78 is 26.6. The molecular weight excluding hydrogens is 1510 g/mol. The van der Waals surface area contributed by atoms with Gasteiger partial charge in [0, 0.05) is 54.5 Å². The van der Waals surface area contributed by atoms with E-state index in [1.165, 1.54) is 88.3 Å². The van der Waals surface area contributed by atoms with E-state index in [2.05, 4.69) is 307 Å². The van der Waals surface area contributed by atoms with Gasteiger partial charge in [0.2, 0.25) is 0 Å². The summed E-state index contributed by atoms with van der Waals surface area (Å²) in [5.74, 6) is 6.64. The van der Waals surface area contributed by atoms with Crippen molar-refractivity contribution in [3.05, 3.63) is 425 Å². The van der Waals surface area contributed by atoms with Gasteiger partial charge in [0.05, 0.1) is 22.0 Å². The van der Waals surface area contributed by atoms with Crippen LogP contribution in [-0.2, 0) is 20.1 Å². The third-order valence-corrected chi connectivity index (χ3v) is 24.7. The number of aromatic nitrogens is 6. The normalized spacial score (nSPS) is 14.5. The molecule has 0 amide bonds. The van der Waals surface area contributed by atoms with E-state index in [0.717, 1.165) is 77.5 Å². The van der Waals surface area contributed by atoms with Gasteiger partial charge >= 0.3 is 7.12 Å². The molecule has 0 bridgehead atoms. The van der Waals surface area contributed by atoms with Gasteiger partial charge in [0.1, 0.15) is 23.0 Å². The summed E-state index contributed by atoms with van der Waals surface area (Å²) in [5, 5.41) is 4.84. The lowest BCUT2D eigenvalue weighted by molar-refractivity contribution is 0.00578. The maximum absolute atomic E-state index is 6.57. The molecule has 10 nitrogen and oxygen atoms in total. The lowest BCUT2D eigenvalue weighted by Crippen LogP contribution is -2.41. The summed E-state index contributed by atoms with van der Waals surface area (Å²) in [6.07, 6.45) is 0. The molecule has 3 aliphatic heterocycles. The molecule has 0 unspecified atom stereocenters. The fourth-order valence-corrected chi connectivity index (χ4v) is 18.4. The van der Waals surface area contributed by atoms with Crippen molar-refractivity contribution in [1.82, 2.24) is 29.9 Å². The lowest BCUT2D eigenvalue weighted by atomic mass is 9.66. The van der Waals surface area contributed by atoms with Gasteiger partial charge in [-0.1, -0.05) is 337 Å². The second-order valence-electron chi connectivity index (χ2n) is 31.4. The second kappa shape index (κ2) is 28.8. The number of hydrogen-bond acceptors (Lipinski definition) is 10. The van der Waals surface area contributed by atoms with Crippen molar-refractivity contribution in [1.29, 1.82) is 0 Å². The Bertz CT molecular complexity index is 6920. The first-order chi connectivity index (χ1) is 57.9. The van der Waals surface area contributed by atoms with E-state index in [-0.39, 0.29) is 5.41 Å². The number of halogens is 1. The van der Waals surface area contributed by atoms with E-state index in [1.807, 2.05) is 113 Å². The predicted molar refractivity (Wildman–Crippen MR) is 477 cm³/mol. The zero-order valence-corrected chi connectivity index (χ0v) is 66.7. The third-order valence-electron chi connectivity index (χ3n) is 24.2. The highest BCUT2D eigenvalue weighted by molar-refractivity contribution is 9.10. The third kappa shape index (κ3) is 12.0. The minimum atomic E-state index is -0.685. The molecule has 23 rings (SSSR count). The largest absolute Gasteiger partial charge is 0.534 e. The van der Waals surface area contributed by atoms with Gasteiger partial charge in [-0.2, -0.15) is 0 Å². The molecule has 2 aliphatic carbocycles. The minimum Gasteiger partial charge on any atom is -0.457 e. The molecule has 0 N–H and O–H groups in total. The van der Waals surface area contributed by atoms with E-state index in [4.69, 9.17) is 48.7 Å². The zero-order chi connectivity index (χ0) is 79.3. The monoisotopic (exact) mass is 1580 g/mol. The second-order valence-corrected chi connectivity index (χ2v) is 32.3. The quantitative estimate of drug-likeness (QED) is 0.136. The fraction of sp³-hybridized carbons (Fsp3) is 0.0755. The van der Waals surface area contributed by atoms with Crippen LogP contribution in [0.5, 0.6) is 23.0 Å². The molecule has 118 heavy (non-hydrogen) atoms. The van der Waals surface area contributed by atoms with Crippen molar-refractivity contribution in [3.8, 4) is 124 Å². The first-order valence-corrected chi connectivity index (χ1v) is 40.7. The Kier molecular flexibility index (Phi) is 17.6. The molecule has 1 saturated heterocycles. The molecule has 0 atom stereocenters. The van der Waals surface area contributed by atoms with Gasteiger partial charge in [-0.15, -0.1) is 0 Å². The molecule has 18 aromatic rings. The van der Waals surface area contributed by atoms with E-state index in [9.17, 15) is 0 Å². The Morgan fingerprint density at radius 3 is 1.00 bits per heavy atom. The van der Waals surface area contributed by atoms with Crippen LogP contribution in [0, 0.1) is 0 Å². The van der Waals surface area contributed by atoms with Crippen LogP contribution in [0.25, 0.3) is 123 Å². The average molecular weight is 1590 g/mol. The molecule has 2 aromatic heterocycles. The highest BCUT2D eigenvalue weighted by Crippen LogP contribution is 2.64. The van der Waals surface area contributed by atoms with Crippen molar-refractivity contribution in [3.63, 3.8) is 0 Å². The van der Waals surface area contributed by atoms with Crippen molar-refractivity contribution >= 4 is 50.3 Å². The van der Waals surface area contributed by atoms with Crippen molar-refractivity contribution in [2.24, 2.45) is 0 Å². The number of ether oxygens (including phenoxy) is 2. The Morgan fingerprint density at radius 2 is 0.542 bits per heavy atom. The molecule has 562 valence electrons. The van der Waals surface area contributed by atoms with Crippen molar-refractivity contribution in [2.75, 3.05) is 0 Å². The van der Waals surface area contributed by atoms with Gasteiger partial charge in [0.15, 0.2) is 34.8 Å². The zero-order valence-electron chi connectivity index (χ0n) is 65.1. The van der Waals surface area contributed by atoms with Crippen LogP contribution in [0.3, 0.4) is 0 Å². The van der Waals surface area contributed by atoms with Crippen LogP contribution in [0.4, 0.5) is 0 Å². The fourth-order valence-electron chi connectivity index (χ4n) is 18.1. The van der Waals surface area contributed by atoms with Gasteiger partial charge in [-0.05, 0) is 171 Å². The average Bonchev–Trinajstić information content (AvgIpc) is 1.51. The van der Waals surface area contributed by atoms with Crippen LogP contribution < -0.4 is 15.2 Å². The summed E-state index contributed by atoms with van der Waals surface area (Å²) in [4.78, 5) is 30.1. The van der Waals surface area contributed by atoms with E-state index >= 15 is 0 Å². The molecule has 5 aliphatic rings. The van der Waals surface area contributed by atoms with E-state index < -0.39 is 23.7 Å². The molecule has 0 saturated carbocycles. The first-order valence-electron chi connectivity index (χ1n) is 39.9. The maximum atomic E-state index is 6.57. The topological polar surface area (TPSA) is 114 Å². The lowest BCUT2D eigenvalue weighted by Gasteiger charge is -2.39. The minimum absolute atomic E-state index is 0.360. The van der Waals surface area contributed by atoms with Crippen LogP contribution in [0.15, 0.2) is 381 Å². The highest BCUT2D eigenvalue weighted by atomic mass is 79.9. The summed E-state index contributed by atoms with van der Waals surface area (Å²) in [5.41, 5.74) is 22.4. The van der Waals surface area contributed by atoms with Crippen molar-refractivity contribution in [2.45, 2.75) is 49.7 Å². The van der Waals surface area contributed by atoms with Crippen molar-refractivity contribution < 1.29 is 18.8 Å². The Labute approximate surface area is 693 Å². The molecular formula is C106H74BBrN6O4. The molecule has 16 aromatic carbocycles. The summed E-state index contributed by atoms with van der Waals surface area (Å²) >= 11 is 3.71. The number of para-hydroxylation sites is 4. The van der Waals surface area contributed by atoms with Crippen LogP contribution >= 0.6 is 15.9 Å². The molecule has 0 radical (unpaired) electrons. The Morgan fingerprint density at radius 1 is 0.237 bits per heavy atom. The number of fused-ring (bicyclic) bond motifs is 20. The standard InChI is InChI=1S/C50H31N3O.C31H28BN3O2.C25H15BrO/c1-2-15-33(16-3-1)47-51-48(35-19-12-18-34(30-35)38-22-13-17-32-14-4-5-20-37(32)38)53-49(52-47)36-28-29-40-39-21-6-7-23-41(39)50(44(40)31-36)42-24-8-10-26-45(42)54-46-27-11-9-25-43(46)50;1-30(2)31(3,4)37-32(36-30)29-34-27(22-13-6-5-7-14-22)33-28(35-29)24-17-10-16-23(20-24)26-19-11-15-21-12-8-9-18-25(21)26;26-16-13-14-18-17-7-1-2-8-19(17)25(22(18)15-16)20-9-3-5-11-23(20)27-24-12-6-4-10-21(24)25/h1-31H;5-20H,1-4H3;1-15H. The number of hydrogen-bond donors (Lipinski definition) is 0. The molecule has 1 fully saturated rings. The SMILES string of the molecule is Brc1ccc2c(c1)C1(c3ccccc3Oc3ccccc31)c1ccccc1-2.CC1(C)OB(c2nc(-c3ccccc3)nc(-c3cccc(-c4cccc5ccccc45)c3)n2)OC1(C)C.c1ccc(-c2nc(-c3cccc(-c4cccc5ccccc45)c3)nc(-c3ccc4c(c3)C3(c5ccccc5Oc5ccccc53)c3ccccc3-4)n2)cc1. The Balaban J connectivity index is 0.000000117. The first kappa shape index (κ1) is 71.9. The van der Waals surface area contributed by atoms with Gasteiger partial charge < -0.3 is 18.8 Å². The maximum Gasteiger partial charge on any atom is 0.534 e. The van der Waals surface area contributed by atoms with E-state index in [0.29, 0.717) is 34.8 Å². The van der Waals surface area contributed by atoms with Crippen LogP contribution in [0.1, 0.15) is 72.2 Å². The smallest absolute Gasteiger partial charge is 0.457 e. The van der Waals surface area contributed by atoms with Gasteiger partial charge in [-0.3, -0.25) is 0 Å². The number of nitrogens with zero attached hydrogens (tertiary/aromatic N) is 6. The Hall–Kier alpha value is -13.9. The highest BCUT2D eigenvalue weighted by Gasteiger charge is 2.55. The summed E-state index contributed by atoms with van der Waals surface area (Å²) in [7, 11) is -0.685. The van der Waals surface area contributed by atoms with E-state index in [1.54, 1.807) is 0 Å². The van der Waals surface area contributed by atoms with Gasteiger partial charge in [-0.25, -0.2) is 29.9 Å². The van der Waals surface area contributed by atoms with Gasteiger partial charge in [0.25, 0.3) is 0 Å². The molecule has 12 heteroatoms. The molecule has 2 spiro atoms. The van der Waals surface area contributed by atoms with Crippen LogP contribution in [0.2, 0.25) is 0 Å². The van der Waals surface area contributed by atoms with Crippen LogP contribution in [-0.4, -0.2) is 48.2 Å². The molecule has 5 heterocycles. The summed E-state index contributed by atoms with van der Waals surface area (Å²) in [6.45, 7) is 8.11. The summed E-state index contributed by atoms with van der Waals surface area (Å²) in [6, 6.07) is 131.